The van der Waals surface area contributed by atoms with Gasteiger partial charge in [-0.3, -0.25) is 9.97 Å². The monoisotopic (exact) mass is 661 g/mol. The zero-order valence-electron chi connectivity index (χ0n) is 28.3. The van der Waals surface area contributed by atoms with Gasteiger partial charge in [0, 0.05) is 40.0 Å². The minimum atomic E-state index is 0.152. The van der Waals surface area contributed by atoms with Crippen LogP contribution in [0.1, 0.15) is 28.2 Å². The number of hydrogen-bond donors (Lipinski definition) is 0. The Labute approximate surface area is 301 Å². The molecule has 0 amide bonds. The van der Waals surface area contributed by atoms with E-state index in [0.717, 1.165) is 61.7 Å². The number of nitrogens with zero attached hydrogens (tertiary/aromatic N) is 3. The van der Waals surface area contributed by atoms with E-state index in [1.165, 1.54) is 49.9 Å². The summed E-state index contributed by atoms with van der Waals surface area (Å²) in [6, 6.07) is 55.1. The summed E-state index contributed by atoms with van der Waals surface area (Å²) in [7, 11) is 0. The highest BCUT2D eigenvalue weighted by Gasteiger charge is 2.26. The van der Waals surface area contributed by atoms with Crippen molar-refractivity contribution in [3.05, 3.63) is 192 Å². The number of fused-ring (bicyclic) bond motifs is 1. The molecule has 14 bridgehead atoms. The molecule has 3 aromatic heterocycles. The molecule has 0 saturated heterocycles. The maximum atomic E-state index is 5.61. The predicted molar refractivity (Wildman–Crippen MR) is 214 cm³/mol. The van der Waals surface area contributed by atoms with Gasteiger partial charge < -0.3 is 0 Å². The van der Waals surface area contributed by atoms with Crippen LogP contribution in [0, 0.1) is 0 Å². The quantitative estimate of drug-likeness (QED) is 0.173. The third kappa shape index (κ3) is 4.49. The van der Waals surface area contributed by atoms with E-state index < -0.39 is 0 Å². The third-order valence-corrected chi connectivity index (χ3v) is 11.1. The molecule has 0 spiro atoms. The van der Waals surface area contributed by atoms with Crippen molar-refractivity contribution < 1.29 is 0 Å². The number of allylic oxidation sites excluding steroid dienone is 1. The summed E-state index contributed by atoms with van der Waals surface area (Å²) in [4.78, 5) is 15.4. The van der Waals surface area contributed by atoms with Crippen LogP contribution in [0.4, 0.5) is 0 Å². The fourth-order valence-corrected chi connectivity index (χ4v) is 8.58. The molecule has 0 saturated carbocycles. The molecule has 0 N–H and O–H groups in total. The first-order chi connectivity index (χ1) is 25.8. The first kappa shape index (κ1) is 29.1. The Morgan fingerprint density at radius 1 is 0.423 bits per heavy atom. The van der Waals surface area contributed by atoms with Crippen LogP contribution < -0.4 is 0 Å². The van der Waals surface area contributed by atoms with Crippen molar-refractivity contribution in [1.82, 2.24) is 15.0 Å². The molecule has 6 aromatic carbocycles. The number of hydrogen-bond acceptors (Lipinski definition) is 3. The SMILES string of the molecule is C1=C(c2ccccc2)c2ccc3c(-c4ccccc4)cc4nc3c2CC1c1cccc(c1)-c1ccnc2c1ccc1c(ccnc12)-c1cccc-4c1. The summed E-state index contributed by atoms with van der Waals surface area (Å²) in [6.07, 6.45) is 7.18. The Balaban J connectivity index is 1.28. The van der Waals surface area contributed by atoms with Gasteiger partial charge in [0.05, 0.1) is 22.2 Å². The van der Waals surface area contributed by atoms with Crippen molar-refractivity contribution >= 4 is 38.3 Å². The molecule has 1 aliphatic carbocycles. The highest BCUT2D eigenvalue weighted by Crippen LogP contribution is 2.45. The number of aromatic nitrogens is 3. The summed E-state index contributed by atoms with van der Waals surface area (Å²) in [5.74, 6) is 0.152. The fourth-order valence-electron chi connectivity index (χ4n) is 8.58. The Kier molecular flexibility index (Phi) is 6.38. The van der Waals surface area contributed by atoms with Gasteiger partial charge in [0.25, 0.3) is 0 Å². The Morgan fingerprint density at radius 3 is 1.75 bits per heavy atom. The summed E-state index contributed by atoms with van der Waals surface area (Å²) >= 11 is 0. The van der Waals surface area contributed by atoms with Crippen molar-refractivity contribution in [3.8, 4) is 44.6 Å². The van der Waals surface area contributed by atoms with Crippen LogP contribution in [0.3, 0.4) is 0 Å². The first-order valence-electron chi connectivity index (χ1n) is 17.9. The predicted octanol–water partition coefficient (Wildman–Crippen LogP) is 12.1. The average molecular weight is 662 g/mol. The average Bonchev–Trinajstić information content (AvgIpc) is 3.22. The van der Waals surface area contributed by atoms with E-state index in [2.05, 4.69) is 158 Å². The van der Waals surface area contributed by atoms with Crippen LogP contribution in [0.5, 0.6) is 0 Å². The van der Waals surface area contributed by atoms with Crippen molar-refractivity contribution in [2.45, 2.75) is 12.3 Å². The smallest absolute Gasteiger partial charge is 0.0970 e. The summed E-state index contributed by atoms with van der Waals surface area (Å²) in [5.41, 5.74) is 18.2. The summed E-state index contributed by atoms with van der Waals surface area (Å²) < 4.78 is 0. The van der Waals surface area contributed by atoms with Gasteiger partial charge in [0.1, 0.15) is 0 Å². The van der Waals surface area contributed by atoms with E-state index in [1.54, 1.807) is 0 Å². The van der Waals surface area contributed by atoms with Gasteiger partial charge in [0.15, 0.2) is 0 Å². The number of pyridine rings is 3. The van der Waals surface area contributed by atoms with Crippen molar-refractivity contribution in [3.63, 3.8) is 0 Å². The molecular weight excluding hydrogens is 631 g/mol. The molecule has 9 aromatic rings. The maximum Gasteiger partial charge on any atom is 0.0970 e. The van der Waals surface area contributed by atoms with Crippen LogP contribution >= 0.6 is 0 Å². The minimum Gasteiger partial charge on any atom is -0.254 e. The molecule has 0 radical (unpaired) electrons. The molecule has 2 aliphatic heterocycles. The highest BCUT2D eigenvalue weighted by molar-refractivity contribution is 6.12. The van der Waals surface area contributed by atoms with E-state index in [1.807, 2.05) is 12.4 Å². The van der Waals surface area contributed by atoms with E-state index in [9.17, 15) is 0 Å². The Hall–Kier alpha value is -6.71. The second kappa shape index (κ2) is 11.4. The van der Waals surface area contributed by atoms with Crippen molar-refractivity contribution in [2.75, 3.05) is 0 Å². The molecule has 52 heavy (non-hydrogen) atoms. The molecule has 242 valence electrons. The third-order valence-electron chi connectivity index (χ3n) is 11.1. The molecule has 3 nitrogen and oxygen atoms in total. The van der Waals surface area contributed by atoms with Crippen molar-refractivity contribution in [1.29, 1.82) is 0 Å². The van der Waals surface area contributed by atoms with E-state index in [-0.39, 0.29) is 5.92 Å². The topological polar surface area (TPSA) is 38.7 Å². The molecular formula is C49H31N3. The zero-order chi connectivity index (χ0) is 34.2. The molecule has 3 heteroatoms. The van der Waals surface area contributed by atoms with Crippen LogP contribution in [0.2, 0.25) is 0 Å². The lowest BCUT2D eigenvalue weighted by Gasteiger charge is -2.27. The standard InChI is InChI=1S/C49H31N3/c1-3-9-30(10-4-1)43-27-36-28-45-39(43)17-18-42-44(31-11-5-2-6-12-31)29-46(52-47(42)45)35-16-8-15-34(26-35)38-22-24-51-49-41(38)20-19-40-37(21-23-50-48(40)49)33-14-7-13-32(36)25-33/h1-27,29,36H,28H2. The van der Waals surface area contributed by atoms with Crippen LogP contribution in [0.25, 0.3) is 82.9 Å². The molecule has 5 heterocycles. The van der Waals surface area contributed by atoms with Gasteiger partial charge in [-0.2, -0.15) is 0 Å². The zero-order valence-corrected chi connectivity index (χ0v) is 28.3. The summed E-state index contributed by atoms with van der Waals surface area (Å²) in [6.45, 7) is 0. The first-order valence-corrected chi connectivity index (χ1v) is 17.9. The van der Waals surface area contributed by atoms with Crippen LogP contribution in [0.15, 0.2) is 170 Å². The van der Waals surface area contributed by atoms with Gasteiger partial charge in [0.2, 0.25) is 0 Å². The second-order valence-electron chi connectivity index (χ2n) is 13.9. The second-order valence-corrected chi connectivity index (χ2v) is 13.9. The van der Waals surface area contributed by atoms with Gasteiger partial charge in [-0.1, -0.05) is 133 Å². The lowest BCUT2D eigenvalue weighted by atomic mass is 9.77. The van der Waals surface area contributed by atoms with Crippen molar-refractivity contribution in [2.24, 2.45) is 0 Å². The normalized spacial score (nSPS) is 14.4. The van der Waals surface area contributed by atoms with Gasteiger partial charge in [-0.05, 0) is 91.9 Å². The number of benzene rings is 6. The molecule has 12 rings (SSSR count). The summed E-state index contributed by atoms with van der Waals surface area (Å²) in [5, 5.41) is 3.37. The molecule has 1 unspecified atom stereocenters. The number of rotatable bonds is 2. The van der Waals surface area contributed by atoms with Gasteiger partial charge in [-0.25, -0.2) is 4.98 Å². The van der Waals surface area contributed by atoms with E-state index >= 15 is 0 Å². The maximum absolute atomic E-state index is 5.61. The minimum absolute atomic E-state index is 0.152. The van der Waals surface area contributed by atoms with Gasteiger partial charge >= 0.3 is 0 Å². The largest absolute Gasteiger partial charge is 0.254 e. The Morgan fingerprint density at radius 2 is 1.02 bits per heavy atom. The van der Waals surface area contributed by atoms with E-state index in [0.29, 0.717) is 0 Å². The van der Waals surface area contributed by atoms with Gasteiger partial charge in [-0.15, -0.1) is 0 Å². The van der Waals surface area contributed by atoms with Crippen LogP contribution in [-0.4, -0.2) is 15.0 Å². The highest BCUT2D eigenvalue weighted by atomic mass is 14.7. The fraction of sp³-hybridized carbons (Fsp3) is 0.0408. The van der Waals surface area contributed by atoms with Crippen LogP contribution in [-0.2, 0) is 6.42 Å². The molecule has 0 fully saturated rings. The molecule has 3 aliphatic rings. The lowest BCUT2D eigenvalue weighted by Crippen LogP contribution is -2.11. The van der Waals surface area contributed by atoms with E-state index in [4.69, 9.17) is 15.0 Å². The molecule has 1 atom stereocenters. The lowest BCUT2D eigenvalue weighted by molar-refractivity contribution is 0.826. The Bertz CT molecular complexity index is 2930.